The van der Waals surface area contributed by atoms with Crippen molar-refractivity contribution in [1.29, 1.82) is 0 Å². The quantitative estimate of drug-likeness (QED) is 0.742. The first-order valence-corrected chi connectivity index (χ1v) is 11.1. The molecule has 19 heavy (non-hydrogen) atoms. The van der Waals surface area contributed by atoms with Gasteiger partial charge in [0.05, 0.1) is 5.75 Å². The molecule has 0 radical (unpaired) electrons. The van der Waals surface area contributed by atoms with Gasteiger partial charge < -0.3 is 5.32 Å². The molecule has 114 valence electrons. The van der Waals surface area contributed by atoms with Gasteiger partial charge in [0.15, 0.2) is 0 Å². The molecule has 0 aromatic rings. The summed E-state index contributed by atoms with van der Waals surface area (Å²) in [6, 6.07) is 0.449. The lowest BCUT2D eigenvalue weighted by Crippen LogP contribution is -2.44. The van der Waals surface area contributed by atoms with Crippen LogP contribution < -0.4 is 5.32 Å². The molecule has 0 aliphatic carbocycles. The first-order valence-electron chi connectivity index (χ1n) is 7.17. The Morgan fingerprint density at radius 3 is 2.53 bits per heavy atom. The van der Waals surface area contributed by atoms with Crippen LogP contribution in [0.15, 0.2) is 0 Å². The molecule has 0 aromatic heterocycles. The highest BCUT2D eigenvalue weighted by atomic mass is 32.2. The van der Waals surface area contributed by atoms with E-state index in [-0.39, 0.29) is 5.75 Å². The topological polar surface area (TPSA) is 46.2 Å². The molecule has 1 heterocycles. The first kappa shape index (κ1) is 17.7. The van der Waals surface area contributed by atoms with E-state index >= 15 is 0 Å². The molecule has 1 N–H and O–H groups in total. The maximum atomic E-state index is 11.5. The average molecular weight is 326 g/mol. The van der Waals surface area contributed by atoms with Crippen LogP contribution in [0.25, 0.3) is 0 Å². The van der Waals surface area contributed by atoms with E-state index < -0.39 is 9.84 Å². The Balaban J connectivity index is 2.48. The van der Waals surface area contributed by atoms with Crippen LogP contribution in [0.1, 0.15) is 33.6 Å². The Bertz CT molecular complexity index is 346. The van der Waals surface area contributed by atoms with E-state index in [1.165, 1.54) is 11.5 Å². The zero-order valence-electron chi connectivity index (χ0n) is 12.2. The number of thioether (sulfide) groups is 2. The van der Waals surface area contributed by atoms with Crippen LogP contribution in [0, 0.1) is 0 Å². The van der Waals surface area contributed by atoms with Crippen molar-refractivity contribution in [3.63, 3.8) is 0 Å². The minimum atomic E-state index is -2.81. The minimum absolute atomic E-state index is 0.267. The van der Waals surface area contributed by atoms with Crippen molar-refractivity contribution in [2.24, 2.45) is 0 Å². The van der Waals surface area contributed by atoms with Gasteiger partial charge >= 0.3 is 0 Å². The lowest BCUT2D eigenvalue weighted by molar-refractivity contribution is 0.468. The maximum absolute atomic E-state index is 11.5. The van der Waals surface area contributed by atoms with Crippen LogP contribution >= 0.6 is 23.5 Å². The molecule has 1 aliphatic rings. The summed E-state index contributed by atoms with van der Waals surface area (Å²) in [5.41, 5.74) is 0. The van der Waals surface area contributed by atoms with Gasteiger partial charge in [0.25, 0.3) is 0 Å². The summed E-state index contributed by atoms with van der Waals surface area (Å²) in [5.74, 6) is 3.06. The molecule has 3 nitrogen and oxygen atoms in total. The molecule has 3 atom stereocenters. The van der Waals surface area contributed by atoms with E-state index in [1.54, 1.807) is 6.92 Å². The highest BCUT2D eigenvalue weighted by Gasteiger charge is 2.29. The van der Waals surface area contributed by atoms with Crippen molar-refractivity contribution < 1.29 is 8.42 Å². The van der Waals surface area contributed by atoms with Crippen LogP contribution in [-0.2, 0) is 9.84 Å². The molecule has 1 fully saturated rings. The molecule has 0 aromatic carbocycles. The zero-order chi connectivity index (χ0) is 14.3. The van der Waals surface area contributed by atoms with Crippen molar-refractivity contribution >= 4 is 33.4 Å². The summed E-state index contributed by atoms with van der Waals surface area (Å²) in [4.78, 5) is 0. The second kappa shape index (κ2) is 8.80. The molecule has 6 heteroatoms. The van der Waals surface area contributed by atoms with Crippen molar-refractivity contribution in [3.05, 3.63) is 0 Å². The summed E-state index contributed by atoms with van der Waals surface area (Å²) in [6.07, 6.45) is 1.75. The van der Waals surface area contributed by atoms with Gasteiger partial charge in [0.1, 0.15) is 9.84 Å². The SMILES string of the molecule is CCNC(CCCS(=O)(=O)CC)C1SCCSC1C. The van der Waals surface area contributed by atoms with Crippen LogP contribution in [0.3, 0.4) is 0 Å². The predicted molar refractivity (Wildman–Crippen MR) is 89.2 cm³/mol. The molecule has 0 saturated carbocycles. The van der Waals surface area contributed by atoms with E-state index in [0.717, 1.165) is 19.4 Å². The summed E-state index contributed by atoms with van der Waals surface area (Å²) >= 11 is 4.10. The predicted octanol–water partition coefficient (Wildman–Crippen LogP) is 2.42. The molecular formula is C13H27NO2S3. The Labute approximate surface area is 127 Å². The number of nitrogens with one attached hydrogen (secondary N) is 1. The van der Waals surface area contributed by atoms with Crippen molar-refractivity contribution in [3.8, 4) is 0 Å². The van der Waals surface area contributed by atoms with Gasteiger partial charge in [-0.05, 0) is 19.4 Å². The standard InChI is InChI=1S/C13H27NO2S3/c1-4-14-12(7-6-10-19(15,16)5-2)13-11(3)17-8-9-18-13/h11-14H,4-10H2,1-3H3. The van der Waals surface area contributed by atoms with E-state index in [9.17, 15) is 8.42 Å². The van der Waals surface area contributed by atoms with Crippen LogP contribution in [0.5, 0.6) is 0 Å². The Kier molecular flexibility index (Phi) is 8.18. The first-order chi connectivity index (χ1) is 9.00. The fraction of sp³-hybridized carbons (Fsp3) is 1.00. The van der Waals surface area contributed by atoms with Crippen LogP contribution in [-0.4, -0.2) is 54.5 Å². The summed E-state index contributed by atoms with van der Waals surface area (Å²) in [5, 5.41) is 4.83. The molecule has 1 rings (SSSR count). The number of sulfone groups is 1. The molecule has 1 saturated heterocycles. The number of rotatable bonds is 8. The molecule has 0 bridgehead atoms. The monoisotopic (exact) mass is 325 g/mol. The zero-order valence-corrected chi connectivity index (χ0v) is 14.7. The van der Waals surface area contributed by atoms with Crippen LogP contribution in [0.2, 0.25) is 0 Å². The molecule has 0 spiro atoms. The van der Waals surface area contributed by atoms with Crippen molar-refractivity contribution in [2.75, 3.05) is 29.6 Å². The summed E-state index contributed by atoms with van der Waals surface area (Å²) in [6.45, 7) is 7.11. The van der Waals surface area contributed by atoms with Crippen molar-refractivity contribution in [1.82, 2.24) is 5.32 Å². The van der Waals surface area contributed by atoms with Gasteiger partial charge in [-0.1, -0.05) is 20.8 Å². The second-order valence-corrected chi connectivity index (χ2v) is 10.2. The third kappa shape index (κ3) is 6.27. The van der Waals surface area contributed by atoms with Gasteiger partial charge in [-0.15, -0.1) is 0 Å². The van der Waals surface area contributed by atoms with Gasteiger partial charge in [0.2, 0.25) is 0 Å². The van der Waals surface area contributed by atoms with Gasteiger partial charge in [-0.25, -0.2) is 8.42 Å². The third-order valence-corrected chi connectivity index (χ3v) is 8.55. The van der Waals surface area contributed by atoms with Gasteiger partial charge in [-0.2, -0.15) is 23.5 Å². The highest BCUT2D eigenvalue weighted by molar-refractivity contribution is 8.07. The Morgan fingerprint density at radius 2 is 1.95 bits per heavy atom. The molecule has 1 aliphatic heterocycles. The number of hydrogen-bond donors (Lipinski definition) is 1. The smallest absolute Gasteiger partial charge is 0.150 e. The van der Waals surface area contributed by atoms with Crippen LogP contribution in [0.4, 0.5) is 0 Å². The van der Waals surface area contributed by atoms with E-state index in [4.69, 9.17) is 0 Å². The minimum Gasteiger partial charge on any atom is -0.313 e. The fourth-order valence-electron chi connectivity index (χ4n) is 2.40. The summed E-state index contributed by atoms with van der Waals surface area (Å²) < 4.78 is 23.1. The molecule has 0 amide bonds. The second-order valence-electron chi connectivity index (χ2n) is 4.95. The normalized spacial score (nSPS) is 26.3. The summed E-state index contributed by atoms with van der Waals surface area (Å²) in [7, 11) is -2.81. The maximum Gasteiger partial charge on any atom is 0.150 e. The largest absolute Gasteiger partial charge is 0.313 e. The fourth-order valence-corrected chi connectivity index (χ4v) is 6.30. The highest BCUT2D eigenvalue weighted by Crippen LogP contribution is 2.34. The van der Waals surface area contributed by atoms with Gasteiger partial charge in [-0.3, -0.25) is 0 Å². The third-order valence-electron chi connectivity index (χ3n) is 3.51. The lowest BCUT2D eigenvalue weighted by Gasteiger charge is -2.35. The molecule has 3 unspecified atom stereocenters. The number of hydrogen-bond acceptors (Lipinski definition) is 5. The average Bonchev–Trinajstić information content (AvgIpc) is 2.38. The van der Waals surface area contributed by atoms with E-state index in [0.29, 0.717) is 22.3 Å². The Hall–Kier alpha value is 0.610. The van der Waals surface area contributed by atoms with Crippen molar-refractivity contribution in [2.45, 2.75) is 50.2 Å². The van der Waals surface area contributed by atoms with E-state index in [2.05, 4.69) is 30.9 Å². The Morgan fingerprint density at radius 1 is 1.26 bits per heavy atom. The lowest BCUT2D eigenvalue weighted by atomic mass is 10.1. The van der Waals surface area contributed by atoms with Gasteiger partial charge in [0, 0.05) is 33.8 Å². The molecular weight excluding hydrogens is 298 g/mol. The van der Waals surface area contributed by atoms with E-state index in [1.807, 2.05) is 11.8 Å².